The zero-order chi connectivity index (χ0) is 14.1. The molecule has 0 aliphatic heterocycles. The Morgan fingerprint density at radius 1 is 1.30 bits per heavy atom. The quantitative estimate of drug-likeness (QED) is 0.734. The molecule has 2 aromatic heterocycles. The number of H-pyrrole nitrogens is 1. The van der Waals surface area contributed by atoms with Crippen molar-refractivity contribution in [1.82, 2.24) is 14.6 Å². The average Bonchev–Trinajstić information content (AvgIpc) is 2.84. The van der Waals surface area contributed by atoms with E-state index in [2.05, 4.69) is 17.0 Å². The molecule has 0 aliphatic rings. The molecule has 1 N–H and O–H groups in total. The van der Waals surface area contributed by atoms with Crippen molar-refractivity contribution < 1.29 is 4.39 Å². The third-order valence-corrected chi connectivity index (χ3v) is 3.45. The summed E-state index contributed by atoms with van der Waals surface area (Å²) in [6, 6.07) is 10.2. The maximum Gasteiger partial charge on any atom is 0.155 e. The van der Waals surface area contributed by atoms with Gasteiger partial charge in [-0.05, 0) is 24.6 Å². The van der Waals surface area contributed by atoms with Gasteiger partial charge in [0, 0.05) is 17.3 Å². The fourth-order valence-electron chi connectivity index (χ4n) is 2.23. The van der Waals surface area contributed by atoms with Crippen LogP contribution >= 0.6 is 12.2 Å². The summed E-state index contributed by atoms with van der Waals surface area (Å²) in [5.74, 6) is -0.260. The van der Waals surface area contributed by atoms with Gasteiger partial charge in [0.15, 0.2) is 5.65 Å². The second-order valence-corrected chi connectivity index (χ2v) is 5.13. The van der Waals surface area contributed by atoms with Crippen molar-refractivity contribution in [2.45, 2.75) is 19.8 Å². The number of hydrogen-bond acceptors (Lipinski definition) is 2. The molecular formula is C15H14FN3S. The van der Waals surface area contributed by atoms with Crippen molar-refractivity contribution >= 4 is 17.9 Å². The predicted octanol–water partition coefficient (Wildman–Crippen LogP) is 4.15. The highest BCUT2D eigenvalue weighted by Crippen LogP contribution is 2.20. The van der Waals surface area contributed by atoms with Gasteiger partial charge in [0.05, 0.1) is 5.69 Å². The molecular weight excluding hydrogens is 273 g/mol. The third-order valence-electron chi connectivity index (χ3n) is 3.15. The molecule has 1 aromatic carbocycles. The second-order valence-electron chi connectivity index (χ2n) is 4.71. The Bertz CT molecular complexity index is 819. The lowest BCUT2D eigenvalue weighted by Gasteiger charge is -1.99. The van der Waals surface area contributed by atoms with Crippen LogP contribution in [0.3, 0.4) is 0 Å². The lowest BCUT2D eigenvalue weighted by molar-refractivity contribution is 0.628. The topological polar surface area (TPSA) is 33.1 Å². The highest BCUT2D eigenvalue weighted by Gasteiger charge is 2.07. The Kier molecular flexibility index (Phi) is 3.36. The lowest BCUT2D eigenvalue weighted by atomic mass is 10.1. The van der Waals surface area contributed by atoms with Crippen LogP contribution in [0.1, 0.15) is 19.0 Å². The minimum Gasteiger partial charge on any atom is -0.291 e. The first-order valence-electron chi connectivity index (χ1n) is 6.55. The number of rotatable bonds is 3. The first-order chi connectivity index (χ1) is 9.67. The van der Waals surface area contributed by atoms with Gasteiger partial charge in [-0.15, -0.1) is 0 Å². The van der Waals surface area contributed by atoms with Crippen molar-refractivity contribution in [3.05, 3.63) is 52.5 Å². The van der Waals surface area contributed by atoms with E-state index < -0.39 is 0 Å². The molecule has 0 amide bonds. The van der Waals surface area contributed by atoms with Crippen molar-refractivity contribution in [3.8, 4) is 11.3 Å². The Labute approximate surface area is 121 Å². The molecule has 0 unspecified atom stereocenters. The van der Waals surface area contributed by atoms with Gasteiger partial charge >= 0.3 is 0 Å². The minimum atomic E-state index is -0.260. The van der Waals surface area contributed by atoms with Crippen LogP contribution in [0.2, 0.25) is 0 Å². The minimum absolute atomic E-state index is 0.260. The summed E-state index contributed by atoms with van der Waals surface area (Å²) in [4.78, 5) is 4.57. The van der Waals surface area contributed by atoms with E-state index in [1.165, 1.54) is 12.1 Å². The van der Waals surface area contributed by atoms with E-state index in [-0.39, 0.29) is 5.82 Å². The number of hydrogen-bond donors (Lipinski definition) is 1. The van der Waals surface area contributed by atoms with E-state index >= 15 is 0 Å². The van der Waals surface area contributed by atoms with E-state index in [4.69, 9.17) is 12.2 Å². The molecule has 0 saturated carbocycles. The molecule has 0 saturated heterocycles. The third kappa shape index (κ3) is 2.36. The number of aryl methyl sites for hydroxylation is 1. The van der Waals surface area contributed by atoms with Crippen LogP contribution in [0.15, 0.2) is 36.4 Å². The smallest absolute Gasteiger partial charge is 0.155 e. The van der Waals surface area contributed by atoms with Crippen LogP contribution in [0, 0.1) is 10.5 Å². The van der Waals surface area contributed by atoms with E-state index in [1.807, 2.05) is 18.2 Å². The summed E-state index contributed by atoms with van der Waals surface area (Å²) in [7, 11) is 0. The van der Waals surface area contributed by atoms with Gasteiger partial charge in [-0.2, -0.15) is 0 Å². The SMILES string of the molecule is CCCc1cc(=S)n2[nH]c(-c3cccc(F)c3)cc2n1. The molecule has 2 heterocycles. The number of nitrogens with one attached hydrogen (secondary N) is 1. The molecule has 5 heteroatoms. The van der Waals surface area contributed by atoms with Crippen LogP contribution in [0.25, 0.3) is 16.9 Å². The molecule has 3 nitrogen and oxygen atoms in total. The zero-order valence-corrected chi connectivity index (χ0v) is 11.9. The first-order valence-corrected chi connectivity index (χ1v) is 6.96. The van der Waals surface area contributed by atoms with E-state index in [0.717, 1.165) is 35.4 Å². The monoisotopic (exact) mass is 287 g/mol. The molecule has 3 rings (SSSR count). The van der Waals surface area contributed by atoms with Crippen LogP contribution in [0.5, 0.6) is 0 Å². The Balaban J connectivity index is 2.15. The van der Waals surface area contributed by atoms with Gasteiger partial charge in [-0.1, -0.05) is 37.7 Å². The number of aromatic amines is 1. The van der Waals surface area contributed by atoms with Gasteiger partial charge in [0.25, 0.3) is 0 Å². The fourth-order valence-corrected chi connectivity index (χ4v) is 2.50. The standard InChI is InChI=1S/C15H14FN3S/c1-2-4-12-8-15(20)19-14(17-12)9-13(18-19)10-5-3-6-11(16)7-10/h3,5-9,18H,2,4H2,1H3. The second kappa shape index (κ2) is 5.17. The number of halogens is 1. The first kappa shape index (κ1) is 13.0. The normalized spacial score (nSPS) is 11.1. The van der Waals surface area contributed by atoms with Gasteiger partial charge in [0.2, 0.25) is 0 Å². The maximum atomic E-state index is 13.3. The lowest BCUT2D eigenvalue weighted by Crippen LogP contribution is -1.96. The number of nitrogens with zero attached hydrogens (tertiary/aromatic N) is 2. The molecule has 3 aromatic rings. The van der Waals surface area contributed by atoms with Gasteiger partial charge in [0.1, 0.15) is 10.5 Å². The zero-order valence-electron chi connectivity index (χ0n) is 11.1. The molecule has 0 atom stereocenters. The van der Waals surface area contributed by atoms with Gasteiger partial charge in [-0.25, -0.2) is 13.9 Å². The summed E-state index contributed by atoms with van der Waals surface area (Å²) >= 11 is 5.36. The van der Waals surface area contributed by atoms with Crippen LogP contribution < -0.4 is 0 Å². The molecule has 0 radical (unpaired) electrons. The van der Waals surface area contributed by atoms with Crippen molar-refractivity contribution in [1.29, 1.82) is 0 Å². The molecule has 0 bridgehead atoms. The Morgan fingerprint density at radius 3 is 2.90 bits per heavy atom. The Morgan fingerprint density at radius 2 is 2.15 bits per heavy atom. The summed E-state index contributed by atoms with van der Waals surface area (Å²) in [5, 5.41) is 3.16. The van der Waals surface area contributed by atoms with E-state index in [0.29, 0.717) is 4.64 Å². The highest BCUT2D eigenvalue weighted by molar-refractivity contribution is 7.71. The van der Waals surface area contributed by atoms with Crippen LogP contribution in [-0.2, 0) is 6.42 Å². The summed E-state index contributed by atoms with van der Waals surface area (Å²) in [6.07, 6.45) is 1.93. The Hall–Kier alpha value is -2.01. The largest absolute Gasteiger partial charge is 0.291 e. The molecule has 102 valence electrons. The number of benzene rings is 1. The molecule has 0 spiro atoms. The summed E-state index contributed by atoms with van der Waals surface area (Å²) in [5.41, 5.74) is 3.33. The van der Waals surface area contributed by atoms with Crippen LogP contribution in [-0.4, -0.2) is 14.6 Å². The summed E-state index contributed by atoms with van der Waals surface area (Å²) in [6.45, 7) is 2.11. The average molecular weight is 287 g/mol. The number of fused-ring (bicyclic) bond motifs is 1. The molecule has 20 heavy (non-hydrogen) atoms. The van der Waals surface area contributed by atoms with Crippen molar-refractivity contribution in [3.63, 3.8) is 0 Å². The van der Waals surface area contributed by atoms with Crippen molar-refractivity contribution in [2.24, 2.45) is 0 Å². The van der Waals surface area contributed by atoms with Gasteiger partial charge in [-0.3, -0.25) is 5.10 Å². The highest BCUT2D eigenvalue weighted by atomic mass is 32.1. The summed E-state index contributed by atoms with van der Waals surface area (Å²) < 4.78 is 15.7. The molecule has 0 fully saturated rings. The van der Waals surface area contributed by atoms with Gasteiger partial charge < -0.3 is 0 Å². The van der Waals surface area contributed by atoms with Crippen LogP contribution in [0.4, 0.5) is 4.39 Å². The van der Waals surface area contributed by atoms with E-state index in [9.17, 15) is 4.39 Å². The maximum absolute atomic E-state index is 13.3. The predicted molar refractivity (Wildman–Crippen MR) is 79.8 cm³/mol. The fraction of sp³-hybridized carbons (Fsp3) is 0.200. The van der Waals surface area contributed by atoms with Crippen molar-refractivity contribution in [2.75, 3.05) is 0 Å². The number of aromatic nitrogens is 3. The van der Waals surface area contributed by atoms with E-state index in [1.54, 1.807) is 10.6 Å². The molecule has 0 aliphatic carbocycles.